The molecule has 0 fully saturated rings. The summed E-state index contributed by atoms with van der Waals surface area (Å²) in [6.45, 7) is 1.94. The van der Waals surface area contributed by atoms with E-state index >= 15 is 0 Å². The largest absolute Gasteiger partial charge is 0.455 e. The van der Waals surface area contributed by atoms with Gasteiger partial charge in [0.25, 0.3) is 0 Å². The van der Waals surface area contributed by atoms with Crippen LogP contribution in [0.2, 0.25) is 0 Å². The minimum absolute atomic E-state index is 0.776. The average Bonchev–Trinajstić information content (AvgIpc) is 2.72. The Bertz CT molecular complexity index is 644. The number of ether oxygens (including phenoxy) is 1. The van der Waals surface area contributed by atoms with Gasteiger partial charge >= 0.3 is 0 Å². The Morgan fingerprint density at radius 3 is 2.65 bits per heavy atom. The van der Waals surface area contributed by atoms with Crippen LogP contribution in [0.25, 0.3) is 11.0 Å². The Morgan fingerprint density at radius 2 is 1.82 bits per heavy atom. The summed E-state index contributed by atoms with van der Waals surface area (Å²) in [6.07, 6.45) is 0. The average molecular weight is 224 g/mol. The van der Waals surface area contributed by atoms with Crippen LogP contribution in [0.5, 0.6) is 11.5 Å². The van der Waals surface area contributed by atoms with Gasteiger partial charge in [-0.1, -0.05) is 24.3 Å². The van der Waals surface area contributed by atoms with Crippen molar-refractivity contribution in [2.45, 2.75) is 6.92 Å². The van der Waals surface area contributed by atoms with Crippen molar-refractivity contribution in [3.63, 3.8) is 0 Å². The molecule has 3 rings (SSSR count). The number of aromatic nitrogens is 2. The van der Waals surface area contributed by atoms with Crippen molar-refractivity contribution < 1.29 is 4.74 Å². The number of hydrogen-bond acceptors (Lipinski definition) is 2. The fraction of sp³-hybridized carbons (Fsp3) is 0.0714. The maximum absolute atomic E-state index is 5.82. The SMILES string of the molecule is Cc1nc2c(Oc3ccccc3)cccc2[nH]1. The van der Waals surface area contributed by atoms with Crippen molar-refractivity contribution in [3.8, 4) is 11.5 Å². The summed E-state index contributed by atoms with van der Waals surface area (Å²) in [5, 5.41) is 0. The zero-order chi connectivity index (χ0) is 11.7. The highest BCUT2D eigenvalue weighted by Crippen LogP contribution is 2.28. The molecular weight excluding hydrogens is 212 g/mol. The fourth-order valence-corrected chi connectivity index (χ4v) is 1.83. The lowest BCUT2D eigenvalue weighted by Crippen LogP contribution is -1.84. The first-order chi connectivity index (χ1) is 8.33. The lowest BCUT2D eigenvalue weighted by molar-refractivity contribution is 0.487. The van der Waals surface area contributed by atoms with Crippen molar-refractivity contribution in [1.29, 1.82) is 0 Å². The number of rotatable bonds is 2. The first-order valence-electron chi connectivity index (χ1n) is 5.51. The Balaban J connectivity index is 2.06. The first kappa shape index (κ1) is 9.90. The summed E-state index contributed by atoms with van der Waals surface area (Å²) >= 11 is 0. The van der Waals surface area contributed by atoms with Crippen LogP contribution in [0.1, 0.15) is 5.82 Å². The summed E-state index contributed by atoms with van der Waals surface area (Å²) in [6, 6.07) is 15.6. The van der Waals surface area contributed by atoms with Crippen LogP contribution in [-0.4, -0.2) is 9.97 Å². The van der Waals surface area contributed by atoms with Gasteiger partial charge in [0.2, 0.25) is 0 Å². The number of benzene rings is 2. The number of aromatic amines is 1. The van der Waals surface area contributed by atoms with Crippen LogP contribution in [0.15, 0.2) is 48.5 Å². The molecule has 0 amide bonds. The molecule has 1 heterocycles. The predicted molar refractivity (Wildman–Crippen MR) is 67.3 cm³/mol. The third-order valence-electron chi connectivity index (χ3n) is 2.57. The van der Waals surface area contributed by atoms with Gasteiger partial charge in [-0.15, -0.1) is 0 Å². The van der Waals surface area contributed by atoms with Gasteiger partial charge in [-0.2, -0.15) is 0 Å². The van der Waals surface area contributed by atoms with E-state index < -0.39 is 0 Å². The highest BCUT2D eigenvalue weighted by molar-refractivity contribution is 5.82. The summed E-state index contributed by atoms with van der Waals surface area (Å²) in [5.41, 5.74) is 1.87. The van der Waals surface area contributed by atoms with E-state index in [1.54, 1.807) is 0 Å². The quantitative estimate of drug-likeness (QED) is 0.721. The second-order valence-corrected chi connectivity index (χ2v) is 3.89. The van der Waals surface area contributed by atoms with Crippen molar-refractivity contribution in [2.24, 2.45) is 0 Å². The number of H-pyrrole nitrogens is 1. The third-order valence-corrected chi connectivity index (χ3v) is 2.57. The number of para-hydroxylation sites is 2. The molecule has 17 heavy (non-hydrogen) atoms. The van der Waals surface area contributed by atoms with Crippen molar-refractivity contribution in [1.82, 2.24) is 9.97 Å². The molecule has 2 aromatic carbocycles. The second kappa shape index (κ2) is 3.94. The van der Waals surface area contributed by atoms with Gasteiger partial charge in [-0.05, 0) is 31.2 Å². The molecule has 0 atom stereocenters. The fourth-order valence-electron chi connectivity index (χ4n) is 1.83. The first-order valence-corrected chi connectivity index (χ1v) is 5.51. The maximum Gasteiger partial charge on any atom is 0.155 e. The number of aryl methyl sites for hydroxylation is 1. The van der Waals surface area contributed by atoms with E-state index in [1.807, 2.05) is 55.5 Å². The minimum atomic E-state index is 0.776. The van der Waals surface area contributed by atoms with Crippen molar-refractivity contribution >= 4 is 11.0 Å². The monoisotopic (exact) mass is 224 g/mol. The van der Waals surface area contributed by atoms with Crippen LogP contribution in [0.3, 0.4) is 0 Å². The summed E-state index contributed by atoms with van der Waals surface area (Å²) in [4.78, 5) is 7.62. The maximum atomic E-state index is 5.82. The molecule has 0 saturated carbocycles. The Labute approximate surface area is 99.1 Å². The van der Waals surface area contributed by atoms with E-state index in [4.69, 9.17) is 4.74 Å². The van der Waals surface area contributed by atoms with Crippen molar-refractivity contribution in [3.05, 3.63) is 54.4 Å². The van der Waals surface area contributed by atoms with E-state index in [1.165, 1.54) is 0 Å². The molecule has 84 valence electrons. The van der Waals surface area contributed by atoms with Crippen LogP contribution in [0.4, 0.5) is 0 Å². The zero-order valence-corrected chi connectivity index (χ0v) is 9.47. The van der Waals surface area contributed by atoms with Gasteiger partial charge in [0.15, 0.2) is 5.75 Å². The van der Waals surface area contributed by atoms with Gasteiger partial charge in [0.05, 0.1) is 5.52 Å². The summed E-state index contributed by atoms with van der Waals surface area (Å²) in [5.74, 6) is 2.49. The molecule has 3 nitrogen and oxygen atoms in total. The predicted octanol–water partition coefficient (Wildman–Crippen LogP) is 3.66. The van der Waals surface area contributed by atoms with E-state index in [0.717, 1.165) is 28.4 Å². The molecule has 1 N–H and O–H groups in total. The normalized spacial score (nSPS) is 10.6. The Morgan fingerprint density at radius 1 is 1.00 bits per heavy atom. The lowest BCUT2D eigenvalue weighted by atomic mass is 10.3. The number of imidazole rings is 1. The lowest BCUT2D eigenvalue weighted by Gasteiger charge is -2.05. The Kier molecular flexibility index (Phi) is 2.29. The van der Waals surface area contributed by atoms with Gasteiger partial charge in [-0.3, -0.25) is 0 Å². The van der Waals surface area contributed by atoms with Crippen LogP contribution in [0, 0.1) is 6.92 Å². The number of fused-ring (bicyclic) bond motifs is 1. The molecule has 0 spiro atoms. The van der Waals surface area contributed by atoms with Crippen LogP contribution < -0.4 is 4.74 Å². The molecule has 0 saturated heterocycles. The second-order valence-electron chi connectivity index (χ2n) is 3.89. The molecule has 3 heteroatoms. The topological polar surface area (TPSA) is 37.9 Å². The number of nitrogens with zero attached hydrogens (tertiary/aromatic N) is 1. The highest BCUT2D eigenvalue weighted by Gasteiger charge is 2.06. The van der Waals surface area contributed by atoms with Gasteiger partial charge in [0.1, 0.15) is 17.1 Å². The molecule has 0 aliphatic rings. The van der Waals surface area contributed by atoms with Crippen molar-refractivity contribution in [2.75, 3.05) is 0 Å². The molecular formula is C14H12N2O. The molecule has 0 radical (unpaired) electrons. The smallest absolute Gasteiger partial charge is 0.155 e. The minimum Gasteiger partial charge on any atom is -0.455 e. The summed E-state index contributed by atoms with van der Waals surface area (Å²) in [7, 11) is 0. The molecule has 1 aromatic heterocycles. The summed E-state index contributed by atoms with van der Waals surface area (Å²) < 4.78 is 5.82. The van der Waals surface area contributed by atoms with Crippen LogP contribution >= 0.6 is 0 Å². The third kappa shape index (κ3) is 1.87. The molecule has 0 bridgehead atoms. The number of nitrogens with one attached hydrogen (secondary N) is 1. The van der Waals surface area contributed by atoms with E-state index in [0.29, 0.717) is 0 Å². The molecule has 3 aromatic rings. The Hall–Kier alpha value is -2.29. The van der Waals surface area contributed by atoms with Gasteiger partial charge in [-0.25, -0.2) is 4.98 Å². The van der Waals surface area contributed by atoms with Gasteiger partial charge in [0, 0.05) is 0 Å². The van der Waals surface area contributed by atoms with E-state index in [9.17, 15) is 0 Å². The standard InChI is InChI=1S/C14H12N2O/c1-10-15-12-8-5-9-13(14(12)16-10)17-11-6-3-2-4-7-11/h2-9H,1H3,(H,15,16). The van der Waals surface area contributed by atoms with E-state index in [-0.39, 0.29) is 0 Å². The zero-order valence-electron chi connectivity index (χ0n) is 9.47. The molecule has 0 aliphatic heterocycles. The molecule has 0 aliphatic carbocycles. The van der Waals surface area contributed by atoms with E-state index in [2.05, 4.69) is 9.97 Å². The highest BCUT2D eigenvalue weighted by atomic mass is 16.5. The number of hydrogen-bond donors (Lipinski definition) is 1. The van der Waals surface area contributed by atoms with Crippen LogP contribution in [-0.2, 0) is 0 Å². The molecule has 0 unspecified atom stereocenters. The van der Waals surface area contributed by atoms with Gasteiger partial charge < -0.3 is 9.72 Å².